The van der Waals surface area contributed by atoms with Crippen molar-refractivity contribution in [1.82, 2.24) is 9.97 Å². The van der Waals surface area contributed by atoms with E-state index in [0.717, 1.165) is 16.9 Å². The highest BCUT2D eigenvalue weighted by molar-refractivity contribution is 5.80. The number of nitrogens with one attached hydrogen (secondary N) is 2. The molecular formula is C20H20N4O2. The second-order valence-electron chi connectivity index (χ2n) is 5.95. The lowest BCUT2D eigenvalue weighted by Gasteiger charge is -2.07. The lowest BCUT2D eigenvalue weighted by atomic mass is 10.2. The largest absolute Gasteiger partial charge is 0.489 e. The minimum Gasteiger partial charge on any atom is -0.489 e. The second kappa shape index (κ2) is 8.11. The maximum absolute atomic E-state index is 11.4. The van der Waals surface area contributed by atoms with Crippen LogP contribution in [0.25, 0.3) is 0 Å². The first-order chi connectivity index (χ1) is 12.6. The van der Waals surface area contributed by atoms with Gasteiger partial charge in [-0.2, -0.15) is 5.10 Å². The molecule has 0 saturated carbocycles. The van der Waals surface area contributed by atoms with Crippen LogP contribution in [0, 0.1) is 13.8 Å². The third-order valence-corrected chi connectivity index (χ3v) is 3.66. The SMILES string of the molecule is Cc1ccc(COc2ccc(/C=N/Nc3nc(C)cc(=O)[nH]3)cc2)cc1. The van der Waals surface area contributed by atoms with E-state index in [1.54, 1.807) is 13.1 Å². The van der Waals surface area contributed by atoms with Crippen molar-refractivity contribution >= 4 is 12.2 Å². The number of ether oxygens (including phenoxy) is 1. The standard InChI is InChI=1S/C20H20N4O2/c1-14-3-5-17(6-4-14)13-26-18-9-7-16(8-10-18)12-21-24-20-22-15(2)11-19(25)23-20/h3-12H,13H2,1-2H3,(H2,22,23,24,25)/b21-12+. The Morgan fingerprint density at radius 2 is 1.85 bits per heavy atom. The Kier molecular flexibility index (Phi) is 5.43. The second-order valence-corrected chi connectivity index (χ2v) is 5.95. The summed E-state index contributed by atoms with van der Waals surface area (Å²) in [6.07, 6.45) is 1.64. The van der Waals surface area contributed by atoms with Gasteiger partial charge in [0.25, 0.3) is 5.56 Å². The molecule has 0 saturated heterocycles. The van der Waals surface area contributed by atoms with Gasteiger partial charge < -0.3 is 4.74 Å². The molecule has 0 aliphatic heterocycles. The highest BCUT2D eigenvalue weighted by atomic mass is 16.5. The molecule has 0 spiro atoms. The minimum absolute atomic E-state index is 0.217. The van der Waals surface area contributed by atoms with Gasteiger partial charge in [-0.15, -0.1) is 0 Å². The summed E-state index contributed by atoms with van der Waals surface area (Å²) >= 11 is 0. The molecule has 0 radical (unpaired) electrons. The molecule has 132 valence electrons. The number of H-pyrrole nitrogens is 1. The molecule has 0 unspecified atom stereocenters. The Bertz CT molecular complexity index is 945. The predicted molar refractivity (Wildman–Crippen MR) is 103 cm³/mol. The van der Waals surface area contributed by atoms with E-state index >= 15 is 0 Å². The van der Waals surface area contributed by atoms with Gasteiger partial charge in [0.15, 0.2) is 0 Å². The monoisotopic (exact) mass is 348 g/mol. The van der Waals surface area contributed by atoms with Crippen molar-refractivity contribution in [1.29, 1.82) is 0 Å². The van der Waals surface area contributed by atoms with Crippen molar-refractivity contribution in [2.45, 2.75) is 20.5 Å². The van der Waals surface area contributed by atoms with Gasteiger partial charge in [0.05, 0.1) is 6.21 Å². The summed E-state index contributed by atoms with van der Waals surface area (Å²) in [7, 11) is 0. The summed E-state index contributed by atoms with van der Waals surface area (Å²) in [5, 5.41) is 4.08. The summed E-state index contributed by atoms with van der Waals surface area (Å²) in [6, 6.07) is 17.3. The molecule has 0 aliphatic rings. The number of nitrogens with zero attached hydrogens (tertiary/aromatic N) is 2. The van der Waals surface area contributed by atoms with E-state index in [1.807, 2.05) is 24.3 Å². The van der Waals surface area contributed by atoms with Crippen LogP contribution in [0.3, 0.4) is 0 Å². The van der Waals surface area contributed by atoms with Crippen LogP contribution in [-0.4, -0.2) is 16.2 Å². The summed E-state index contributed by atoms with van der Waals surface area (Å²) in [4.78, 5) is 18.1. The van der Waals surface area contributed by atoms with E-state index in [-0.39, 0.29) is 5.56 Å². The van der Waals surface area contributed by atoms with Crippen LogP contribution in [0.15, 0.2) is 64.5 Å². The van der Waals surface area contributed by atoms with Crippen molar-refractivity contribution in [3.8, 4) is 5.75 Å². The number of aromatic amines is 1. The Balaban J connectivity index is 1.55. The van der Waals surface area contributed by atoms with Gasteiger partial charge in [0.2, 0.25) is 5.95 Å². The molecule has 0 amide bonds. The average Bonchev–Trinajstić information content (AvgIpc) is 2.62. The van der Waals surface area contributed by atoms with Crippen molar-refractivity contribution in [3.63, 3.8) is 0 Å². The van der Waals surface area contributed by atoms with Crippen LogP contribution in [-0.2, 0) is 6.61 Å². The van der Waals surface area contributed by atoms with Gasteiger partial charge >= 0.3 is 0 Å². The zero-order valence-electron chi connectivity index (χ0n) is 14.7. The first-order valence-electron chi connectivity index (χ1n) is 8.24. The Labute approximate surface area is 151 Å². The molecule has 0 aliphatic carbocycles. The van der Waals surface area contributed by atoms with Crippen LogP contribution < -0.4 is 15.7 Å². The molecule has 3 aromatic rings. The van der Waals surface area contributed by atoms with Crippen molar-refractivity contribution in [3.05, 3.63) is 87.3 Å². The van der Waals surface area contributed by atoms with Crippen molar-refractivity contribution in [2.24, 2.45) is 5.10 Å². The number of benzene rings is 2. The maximum atomic E-state index is 11.4. The summed E-state index contributed by atoms with van der Waals surface area (Å²) in [5.41, 5.74) is 6.38. The van der Waals surface area contributed by atoms with Crippen molar-refractivity contribution in [2.75, 3.05) is 5.43 Å². The van der Waals surface area contributed by atoms with Crippen LogP contribution in [0.4, 0.5) is 5.95 Å². The highest BCUT2D eigenvalue weighted by Gasteiger charge is 1.98. The number of aromatic nitrogens is 2. The van der Waals surface area contributed by atoms with E-state index in [1.165, 1.54) is 11.6 Å². The van der Waals surface area contributed by atoms with E-state index in [2.05, 4.69) is 51.7 Å². The number of rotatable bonds is 6. The van der Waals surface area contributed by atoms with Crippen LogP contribution >= 0.6 is 0 Å². The third kappa shape index (κ3) is 5.04. The molecular weight excluding hydrogens is 328 g/mol. The van der Waals surface area contributed by atoms with Crippen LogP contribution in [0.2, 0.25) is 0 Å². The summed E-state index contributed by atoms with van der Waals surface area (Å²) < 4.78 is 5.78. The molecule has 6 heteroatoms. The van der Waals surface area contributed by atoms with E-state index in [9.17, 15) is 4.79 Å². The molecule has 1 heterocycles. The molecule has 3 rings (SSSR count). The third-order valence-electron chi connectivity index (χ3n) is 3.66. The molecule has 0 atom stereocenters. The number of hydrogen-bond acceptors (Lipinski definition) is 5. The van der Waals surface area contributed by atoms with Gasteiger partial charge in [0, 0.05) is 11.8 Å². The van der Waals surface area contributed by atoms with Gasteiger partial charge in [0.1, 0.15) is 12.4 Å². The van der Waals surface area contributed by atoms with Gasteiger partial charge in [-0.1, -0.05) is 29.8 Å². The van der Waals surface area contributed by atoms with Gasteiger partial charge in [-0.3, -0.25) is 9.78 Å². The predicted octanol–water partition coefficient (Wildman–Crippen LogP) is 3.41. The fourth-order valence-corrected chi connectivity index (χ4v) is 2.30. The normalized spacial score (nSPS) is 10.8. The molecule has 2 N–H and O–H groups in total. The highest BCUT2D eigenvalue weighted by Crippen LogP contribution is 2.14. The first-order valence-corrected chi connectivity index (χ1v) is 8.24. The molecule has 2 aromatic carbocycles. The van der Waals surface area contributed by atoms with Crippen LogP contribution in [0.5, 0.6) is 5.75 Å². The number of hydrogen-bond donors (Lipinski definition) is 2. The van der Waals surface area contributed by atoms with Crippen molar-refractivity contribution < 1.29 is 4.74 Å². The summed E-state index contributed by atoms with van der Waals surface area (Å²) in [6.45, 7) is 4.34. The van der Waals surface area contributed by atoms with Gasteiger partial charge in [-0.05, 0) is 49.2 Å². The van der Waals surface area contributed by atoms with E-state index in [0.29, 0.717) is 18.2 Å². The molecule has 6 nitrogen and oxygen atoms in total. The number of aryl methyl sites for hydroxylation is 2. The zero-order chi connectivity index (χ0) is 18.4. The average molecular weight is 348 g/mol. The Morgan fingerprint density at radius 3 is 2.54 bits per heavy atom. The molecule has 1 aromatic heterocycles. The van der Waals surface area contributed by atoms with Crippen LogP contribution in [0.1, 0.15) is 22.4 Å². The quantitative estimate of drug-likeness (QED) is 0.528. The lowest BCUT2D eigenvalue weighted by molar-refractivity contribution is 0.306. The zero-order valence-corrected chi connectivity index (χ0v) is 14.7. The smallest absolute Gasteiger partial charge is 0.252 e. The maximum Gasteiger partial charge on any atom is 0.252 e. The number of hydrazone groups is 1. The Hall–Kier alpha value is -3.41. The Morgan fingerprint density at radius 1 is 1.12 bits per heavy atom. The van der Waals surface area contributed by atoms with E-state index in [4.69, 9.17) is 4.74 Å². The van der Waals surface area contributed by atoms with E-state index < -0.39 is 0 Å². The molecule has 0 fully saturated rings. The molecule has 26 heavy (non-hydrogen) atoms. The first kappa shape index (κ1) is 17.4. The van der Waals surface area contributed by atoms with Gasteiger partial charge in [-0.25, -0.2) is 10.4 Å². The molecule has 0 bridgehead atoms. The fraction of sp³-hybridized carbons (Fsp3) is 0.150. The minimum atomic E-state index is -0.217. The number of anilines is 1. The summed E-state index contributed by atoms with van der Waals surface area (Å²) in [5.74, 6) is 1.10. The fourth-order valence-electron chi connectivity index (χ4n) is 2.30. The topological polar surface area (TPSA) is 79.4 Å². The lowest BCUT2D eigenvalue weighted by Crippen LogP contribution is -2.10.